The molecular weight excluding hydrogens is 250 g/mol. The van der Waals surface area contributed by atoms with Gasteiger partial charge < -0.3 is 0 Å². The zero-order valence-corrected chi connectivity index (χ0v) is 12.0. The Morgan fingerprint density at radius 1 is 1.30 bits per heavy atom. The van der Waals surface area contributed by atoms with Crippen molar-refractivity contribution in [2.24, 2.45) is 0 Å². The van der Waals surface area contributed by atoms with Crippen molar-refractivity contribution in [1.82, 2.24) is 9.78 Å². The number of aryl methyl sites for hydroxylation is 3. The molecule has 0 bridgehead atoms. The lowest BCUT2D eigenvalue weighted by Gasteiger charge is -2.10. The molecule has 0 aliphatic rings. The molecule has 2 aromatic rings. The molecule has 1 aromatic carbocycles. The standard InChI is InChI=1S/C16H17N3O/c1-4-19-16(20)13(7-8-17)10-15(18-19)14-9-11(2)5-6-12(14)3/h5-6,9-10H,4,7H2,1-3H3. The average Bonchev–Trinajstić information content (AvgIpc) is 2.44. The van der Waals surface area contributed by atoms with Crippen molar-refractivity contribution in [2.75, 3.05) is 0 Å². The molecule has 0 saturated carbocycles. The Morgan fingerprint density at radius 2 is 2.05 bits per heavy atom. The second-order valence-electron chi connectivity index (χ2n) is 4.83. The number of aromatic nitrogens is 2. The predicted octanol–water partition coefficient (Wildman–Crippen LogP) is 2.61. The van der Waals surface area contributed by atoms with E-state index in [1.165, 1.54) is 4.68 Å². The van der Waals surface area contributed by atoms with Gasteiger partial charge in [-0.1, -0.05) is 17.7 Å². The van der Waals surface area contributed by atoms with Gasteiger partial charge in [-0.2, -0.15) is 10.4 Å². The van der Waals surface area contributed by atoms with E-state index in [-0.39, 0.29) is 12.0 Å². The Labute approximate surface area is 118 Å². The van der Waals surface area contributed by atoms with Crippen LogP contribution in [0.1, 0.15) is 23.6 Å². The number of rotatable bonds is 3. The molecule has 20 heavy (non-hydrogen) atoms. The smallest absolute Gasteiger partial charge is 0.267 e. The highest BCUT2D eigenvalue weighted by molar-refractivity contribution is 5.64. The lowest BCUT2D eigenvalue weighted by molar-refractivity contribution is 0.612. The third-order valence-corrected chi connectivity index (χ3v) is 3.29. The number of nitrogens with zero attached hydrogens (tertiary/aromatic N) is 3. The summed E-state index contributed by atoms with van der Waals surface area (Å²) in [5.74, 6) is 0. The molecule has 0 atom stereocenters. The summed E-state index contributed by atoms with van der Waals surface area (Å²) in [4.78, 5) is 12.1. The molecule has 0 amide bonds. The summed E-state index contributed by atoms with van der Waals surface area (Å²) >= 11 is 0. The summed E-state index contributed by atoms with van der Waals surface area (Å²) in [5.41, 5.74) is 4.32. The SMILES string of the molecule is CCn1nc(-c2cc(C)ccc2C)cc(CC#N)c1=O. The largest absolute Gasteiger partial charge is 0.271 e. The topological polar surface area (TPSA) is 58.7 Å². The molecular formula is C16H17N3O. The number of hydrogen-bond acceptors (Lipinski definition) is 3. The summed E-state index contributed by atoms with van der Waals surface area (Å²) in [6.45, 7) is 6.41. The Balaban J connectivity index is 2.68. The van der Waals surface area contributed by atoms with Crippen LogP contribution >= 0.6 is 0 Å². The van der Waals surface area contributed by atoms with E-state index in [4.69, 9.17) is 5.26 Å². The van der Waals surface area contributed by atoms with Crippen LogP contribution in [-0.2, 0) is 13.0 Å². The lowest BCUT2D eigenvalue weighted by atomic mass is 10.0. The Morgan fingerprint density at radius 3 is 2.70 bits per heavy atom. The minimum atomic E-state index is -0.178. The van der Waals surface area contributed by atoms with E-state index in [0.717, 1.165) is 22.4 Å². The first kappa shape index (κ1) is 14.0. The summed E-state index contributed by atoms with van der Waals surface area (Å²) in [6, 6.07) is 9.92. The molecule has 102 valence electrons. The fraction of sp³-hybridized carbons (Fsp3) is 0.312. The van der Waals surface area contributed by atoms with Crippen LogP contribution in [0.3, 0.4) is 0 Å². The number of hydrogen-bond donors (Lipinski definition) is 0. The van der Waals surface area contributed by atoms with Gasteiger partial charge in [0.15, 0.2) is 0 Å². The minimum absolute atomic E-state index is 0.110. The van der Waals surface area contributed by atoms with E-state index < -0.39 is 0 Å². The quantitative estimate of drug-likeness (QED) is 0.859. The van der Waals surface area contributed by atoms with Gasteiger partial charge in [0.1, 0.15) is 0 Å². The monoisotopic (exact) mass is 267 g/mol. The highest BCUT2D eigenvalue weighted by Gasteiger charge is 2.10. The van der Waals surface area contributed by atoms with Crippen LogP contribution in [-0.4, -0.2) is 9.78 Å². The van der Waals surface area contributed by atoms with E-state index in [1.807, 2.05) is 39.0 Å². The fourth-order valence-electron chi connectivity index (χ4n) is 2.17. The van der Waals surface area contributed by atoms with Crippen LogP contribution in [0.2, 0.25) is 0 Å². The minimum Gasteiger partial charge on any atom is -0.267 e. The highest BCUT2D eigenvalue weighted by Crippen LogP contribution is 2.22. The number of nitriles is 1. The van der Waals surface area contributed by atoms with E-state index in [2.05, 4.69) is 11.2 Å². The summed E-state index contributed by atoms with van der Waals surface area (Å²) in [6.07, 6.45) is 0.110. The summed E-state index contributed by atoms with van der Waals surface area (Å²) < 4.78 is 1.42. The van der Waals surface area contributed by atoms with Gasteiger partial charge in [0.05, 0.1) is 18.2 Å². The van der Waals surface area contributed by atoms with Crippen LogP contribution in [0.15, 0.2) is 29.1 Å². The normalized spacial score (nSPS) is 10.3. The first-order valence-corrected chi connectivity index (χ1v) is 6.62. The lowest BCUT2D eigenvalue weighted by Crippen LogP contribution is -2.25. The van der Waals surface area contributed by atoms with Gasteiger partial charge in [0, 0.05) is 17.7 Å². The first-order valence-electron chi connectivity index (χ1n) is 6.62. The van der Waals surface area contributed by atoms with Gasteiger partial charge in [0.2, 0.25) is 0 Å². The van der Waals surface area contributed by atoms with Crippen molar-refractivity contribution in [1.29, 1.82) is 5.26 Å². The van der Waals surface area contributed by atoms with Crippen molar-refractivity contribution in [3.8, 4) is 17.3 Å². The molecule has 0 N–H and O–H groups in total. The molecule has 0 spiro atoms. The van der Waals surface area contributed by atoms with Crippen LogP contribution in [0.25, 0.3) is 11.3 Å². The maximum atomic E-state index is 12.1. The molecule has 1 heterocycles. The highest BCUT2D eigenvalue weighted by atomic mass is 16.1. The van der Waals surface area contributed by atoms with Crippen molar-refractivity contribution in [2.45, 2.75) is 33.7 Å². The third kappa shape index (κ3) is 2.62. The van der Waals surface area contributed by atoms with Gasteiger partial charge in [-0.15, -0.1) is 0 Å². The van der Waals surface area contributed by atoms with Crippen molar-refractivity contribution >= 4 is 0 Å². The summed E-state index contributed by atoms with van der Waals surface area (Å²) in [7, 11) is 0. The zero-order chi connectivity index (χ0) is 14.7. The predicted molar refractivity (Wildman–Crippen MR) is 78.4 cm³/mol. The van der Waals surface area contributed by atoms with Gasteiger partial charge in [-0.05, 0) is 38.5 Å². The average molecular weight is 267 g/mol. The molecule has 0 fully saturated rings. The van der Waals surface area contributed by atoms with Crippen molar-refractivity contribution < 1.29 is 0 Å². The van der Waals surface area contributed by atoms with Gasteiger partial charge in [0.25, 0.3) is 5.56 Å². The van der Waals surface area contributed by atoms with Crippen LogP contribution in [0.4, 0.5) is 0 Å². The first-order chi connectivity index (χ1) is 9.56. The van der Waals surface area contributed by atoms with Crippen LogP contribution in [0, 0.1) is 25.2 Å². The molecule has 0 unspecified atom stereocenters. The van der Waals surface area contributed by atoms with E-state index >= 15 is 0 Å². The zero-order valence-electron chi connectivity index (χ0n) is 12.0. The molecule has 0 radical (unpaired) electrons. The van der Waals surface area contributed by atoms with E-state index in [1.54, 1.807) is 6.07 Å². The van der Waals surface area contributed by atoms with Gasteiger partial charge in [-0.3, -0.25) is 4.79 Å². The second kappa shape index (κ2) is 5.70. The van der Waals surface area contributed by atoms with Crippen molar-refractivity contribution in [3.05, 3.63) is 51.3 Å². The van der Waals surface area contributed by atoms with Gasteiger partial charge in [-0.25, -0.2) is 4.68 Å². The number of benzene rings is 1. The van der Waals surface area contributed by atoms with Crippen LogP contribution < -0.4 is 5.56 Å². The molecule has 4 heteroatoms. The Kier molecular flexibility index (Phi) is 3.99. The molecule has 0 saturated heterocycles. The Hall–Kier alpha value is -2.41. The fourth-order valence-corrected chi connectivity index (χ4v) is 2.17. The third-order valence-electron chi connectivity index (χ3n) is 3.29. The maximum absolute atomic E-state index is 12.1. The molecule has 1 aromatic heterocycles. The van der Waals surface area contributed by atoms with Gasteiger partial charge >= 0.3 is 0 Å². The molecule has 0 aliphatic heterocycles. The van der Waals surface area contributed by atoms with Crippen LogP contribution in [0.5, 0.6) is 0 Å². The summed E-state index contributed by atoms with van der Waals surface area (Å²) in [5, 5.41) is 13.2. The molecule has 0 aliphatic carbocycles. The van der Waals surface area contributed by atoms with E-state index in [0.29, 0.717) is 12.1 Å². The maximum Gasteiger partial charge on any atom is 0.271 e. The molecule has 4 nitrogen and oxygen atoms in total. The Bertz CT molecular complexity index is 738. The van der Waals surface area contributed by atoms with E-state index in [9.17, 15) is 4.79 Å². The van der Waals surface area contributed by atoms with Crippen molar-refractivity contribution in [3.63, 3.8) is 0 Å². The molecule has 2 rings (SSSR count). The second-order valence-corrected chi connectivity index (χ2v) is 4.83.